The second-order valence-electron chi connectivity index (χ2n) is 2.87. The number of rotatable bonds is 4. The van der Waals surface area contributed by atoms with E-state index in [-0.39, 0.29) is 24.2 Å². The van der Waals surface area contributed by atoms with E-state index in [1.165, 1.54) is 7.11 Å². The SMILES string of the molecule is COc1c(Br)cc(F)c(F)c1CCC=O. The lowest BCUT2D eigenvalue weighted by molar-refractivity contribution is -0.107. The number of aldehydes is 1. The lowest BCUT2D eigenvalue weighted by Gasteiger charge is -2.11. The van der Waals surface area contributed by atoms with Gasteiger partial charge in [0.2, 0.25) is 0 Å². The van der Waals surface area contributed by atoms with Crippen LogP contribution >= 0.6 is 15.9 Å². The third-order valence-corrected chi connectivity index (χ3v) is 2.52. The van der Waals surface area contributed by atoms with Gasteiger partial charge in [0.15, 0.2) is 11.6 Å². The van der Waals surface area contributed by atoms with Gasteiger partial charge in [-0.1, -0.05) is 0 Å². The molecule has 0 amide bonds. The summed E-state index contributed by atoms with van der Waals surface area (Å²) < 4.78 is 31.7. The molecule has 0 saturated heterocycles. The normalized spacial score (nSPS) is 10.1. The molecule has 0 radical (unpaired) electrons. The first-order valence-electron chi connectivity index (χ1n) is 4.25. The van der Waals surface area contributed by atoms with Crippen molar-refractivity contribution in [2.24, 2.45) is 0 Å². The molecule has 5 heteroatoms. The van der Waals surface area contributed by atoms with E-state index >= 15 is 0 Å². The van der Waals surface area contributed by atoms with Crippen LogP contribution in [-0.4, -0.2) is 13.4 Å². The summed E-state index contributed by atoms with van der Waals surface area (Å²) in [5.41, 5.74) is 0.0801. The quantitative estimate of drug-likeness (QED) is 0.625. The summed E-state index contributed by atoms with van der Waals surface area (Å²) in [5.74, 6) is -1.68. The number of ether oxygens (including phenoxy) is 1. The molecule has 2 nitrogen and oxygen atoms in total. The van der Waals surface area contributed by atoms with Crippen LogP contribution in [0.2, 0.25) is 0 Å². The number of hydrogen-bond donors (Lipinski definition) is 0. The summed E-state index contributed by atoms with van der Waals surface area (Å²) in [5, 5.41) is 0. The smallest absolute Gasteiger partial charge is 0.165 e. The van der Waals surface area contributed by atoms with Gasteiger partial charge in [-0.2, -0.15) is 0 Å². The molecule has 0 saturated carbocycles. The summed E-state index contributed by atoms with van der Waals surface area (Å²) in [6.45, 7) is 0. The zero-order chi connectivity index (χ0) is 11.4. The Hall–Kier alpha value is -0.970. The number of methoxy groups -OCH3 is 1. The van der Waals surface area contributed by atoms with E-state index in [4.69, 9.17) is 4.74 Å². The highest BCUT2D eigenvalue weighted by Gasteiger charge is 2.17. The molecule has 0 unspecified atom stereocenters. The van der Waals surface area contributed by atoms with Gasteiger partial charge in [0.1, 0.15) is 12.0 Å². The third kappa shape index (κ3) is 2.53. The van der Waals surface area contributed by atoms with Crippen LogP contribution in [0.15, 0.2) is 10.5 Å². The minimum atomic E-state index is -0.961. The van der Waals surface area contributed by atoms with Gasteiger partial charge >= 0.3 is 0 Å². The van der Waals surface area contributed by atoms with Crippen LogP contribution in [-0.2, 0) is 11.2 Å². The minimum Gasteiger partial charge on any atom is -0.495 e. The van der Waals surface area contributed by atoms with Gasteiger partial charge in [-0.3, -0.25) is 0 Å². The van der Waals surface area contributed by atoms with Crippen molar-refractivity contribution >= 4 is 22.2 Å². The van der Waals surface area contributed by atoms with Crippen LogP contribution in [0.4, 0.5) is 8.78 Å². The Morgan fingerprint density at radius 3 is 2.73 bits per heavy atom. The lowest BCUT2D eigenvalue weighted by atomic mass is 10.1. The second-order valence-corrected chi connectivity index (χ2v) is 3.73. The maximum atomic E-state index is 13.4. The van der Waals surface area contributed by atoms with E-state index in [0.29, 0.717) is 10.8 Å². The molecule has 15 heavy (non-hydrogen) atoms. The molecule has 0 spiro atoms. The zero-order valence-corrected chi connectivity index (χ0v) is 9.61. The Bertz CT molecular complexity index is 380. The average molecular weight is 279 g/mol. The van der Waals surface area contributed by atoms with Crippen LogP contribution in [0.1, 0.15) is 12.0 Å². The first-order valence-corrected chi connectivity index (χ1v) is 5.05. The van der Waals surface area contributed by atoms with Crippen LogP contribution in [0.3, 0.4) is 0 Å². The van der Waals surface area contributed by atoms with Crippen LogP contribution < -0.4 is 4.74 Å². The fraction of sp³-hybridized carbons (Fsp3) is 0.300. The summed E-state index contributed by atoms with van der Waals surface area (Å²) in [7, 11) is 1.36. The average Bonchev–Trinajstić information content (AvgIpc) is 2.21. The third-order valence-electron chi connectivity index (χ3n) is 1.94. The van der Waals surface area contributed by atoms with E-state index in [2.05, 4.69) is 15.9 Å². The van der Waals surface area contributed by atoms with Gasteiger partial charge in [0.25, 0.3) is 0 Å². The van der Waals surface area contributed by atoms with Crippen molar-refractivity contribution in [3.8, 4) is 5.75 Å². The van der Waals surface area contributed by atoms with Gasteiger partial charge in [-0.25, -0.2) is 8.78 Å². The van der Waals surface area contributed by atoms with Crippen molar-refractivity contribution in [3.05, 3.63) is 27.7 Å². The highest BCUT2D eigenvalue weighted by molar-refractivity contribution is 9.10. The molecule has 0 N–H and O–H groups in total. The highest BCUT2D eigenvalue weighted by Crippen LogP contribution is 2.33. The van der Waals surface area contributed by atoms with Gasteiger partial charge in [-0.15, -0.1) is 0 Å². The molecular weight excluding hydrogens is 270 g/mol. The summed E-state index contributed by atoms with van der Waals surface area (Å²) in [4.78, 5) is 10.2. The number of hydrogen-bond acceptors (Lipinski definition) is 2. The topological polar surface area (TPSA) is 26.3 Å². The Morgan fingerprint density at radius 2 is 2.20 bits per heavy atom. The predicted molar refractivity (Wildman–Crippen MR) is 55.0 cm³/mol. The molecule has 0 heterocycles. The highest BCUT2D eigenvalue weighted by atomic mass is 79.9. The van der Waals surface area contributed by atoms with E-state index < -0.39 is 11.6 Å². The maximum Gasteiger partial charge on any atom is 0.165 e. The van der Waals surface area contributed by atoms with Gasteiger partial charge in [0, 0.05) is 12.0 Å². The summed E-state index contributed by atoms with van der Waals surface area (Å²) >= 11 is 3.06. The Kier molecular flexibility index (Phi) is 4.20. The predicted octanol–water partition coefficient (Wildman–Crippen LogP) is 2.87. The van der Waals surface area contributed by atoms with Gasteiger partial charge in [0.05, 0.1) is 11.6 Å². The Labute approximate surface area is 94.4 Å². The van der Waals surface area contributed by atoms with E-state index in [1.54, 1.807) is 0 Å². The van der Waals surface area contributed by atoms with Crippen LogP contribution in [0.25, 0.3) is 0 Å². The first kappa shape index (κ1) is 12.1. The van der Waals surface area contributed by atoms with Crippen molar-refractivity contribution in [2.75, 3.05) is 7.11 Å². The summed E-state index contributed by atoms with van der Waals surface area (Å²) in [6.07, 6.45) is 0.899. The molecule has 0 aliphatic heterocycles. The number of carbonyl (C=O) groups is 1. The van der Waals surface area contributed by atoms with Gasteiger partial charge < -0.3 is 9.53 Å². The Morgan fingerprint density at radius 1 is 1.53 bits per heavy atom. The molecule has 82 valence electrons. The van der Waals surface area contributed by atoms with Crippen molar-refractivity contribution in [2.45, 2.75) is 12.8 Å². The molecule has 0 aromatic heterocycles. The molecule has 0 bridgehead atoms. The molecule has 0 atom stereocenters. The van der Waals surface area contributed by atoms with Crippen molar-refractivity contribution < 1.29 is 18.3 Å². The number of carbonyl (C=O) groups excluding carboxylic acids is 1. The minimum absolute atomic E-state index is 0.0801. The molecule has 0 aliphatic carbocycles. The number of benzene rings is 1. The van der Waals surface area contributed by atoms with Crippen LogP contribution in [0, 0.1) is 11.6 Å². The molecule has 1 aromatic carbocycles. The van der Waals surface area contributed by atoms with Crippen LogP contribution in [0.5, 0.6) is 5.75 Å². The Balaban J connectivity index is 3.23. The monoisotopic (exact) mass is 278 g/mol. The maximum absolute atomic E-state index is 13.4. The first-order chi connectivity index (χ1) is 7.11. The van der Waals surface area contributed by atoms with Crippen molar-refractivity contribution in [1.29, 1.82) is 0 Å². The summed E-state index contributed by atoms with van der Waals surface area (Å²) in [6, 6.07) is 0.999. The second kappa shape index (κ2) is 5.21. The van der Waals surface area contributed by atoms with E-state index in [1.807, 2.05) is 0 Å². The molecular formula is C10H9BrF2O2. The van der Waals surface area contributed by atoms with Crippen molar-refractivity contribution in [1.82, 2.24) is 0 Å². The molecule has 0 aliphatic rings. The van der Waals surface area contributed by atoms with Crippen molar-refractivity contribution in [3.63, 3.8) is 0 Å². The largest absolute Gasteiger partial charge is 0.495 e. The van der Waals surface area contributed by atoms with E-state index in [0.717, 1.165) is 6.07 Å². The lowest BCUT2D eigenvalue weighted by Crippen LogP contribution is -2.01. The fourth-order valence-electron chi connectivity index (χ4n) is 1.28. The van der Waals surface area contributed by atoms with E-state index in [9.17, 15) is 13.6 Å². The molecule has 1 rings (SSSR count). The zero-order valence-electron chi connectivity index (χ0n) is 8.02. The standard InChI is InChI=1S/C10H9BrF2O2/c1-15-10-6(3-2-4-14)9(13)8(12)5-7(10)11/h4-5H,2-3H2,1H3. The fourth-order valence-corrected chi connectivity index (χ4v) is 1.88. The van der Waals surface area contributed by atoms with Gasteiger partial charge in [-0.05, 0) is 28.4 Å². The number of halogens is 3. The molecule has 0 fully saturated rings. The molecule has 1 aromatic rings.